The molecule has 6 nitrogen and oxygen atoms in total. The Morgan fingerprint density at radius 3 is 2.68 bits per heavy atom. The summed E-state index contributed by atoms with van der Waals surface area (Å²) >= 11 is 0. The van der Waals surface area contributed by atoms with E-state index >= 15 is 0 Å². The molecule has 0 aliphatic rings. The molecule has 2 aromatic heterocycles. The number of rotatable bonds is 5. The third-order valence-corrected chi connectivity index (χ3v) is 4.09. The number of fused-ring (bicyclic) bond motifs is 1. The summed E-state index contributed by atoms with van der Waals surface area (Å²) in [6.45, 7) is 8.07. The number of carbonyl (C=O) groups is 1. The molecule has 0 spiro atoms. The fraction of sp³-hybridized carbons (Fsp3) is 0.316. The number of pyridine rings is 1. The Labute approximate surface area is 146 Å². The van der Waals surface area contributed by atoms with Gasteiger partial charge in [-0.1, -0.05) is 26.0 Å². The van der Waals surface area contributed by atoms with Gasteiger partial charge in [0, 0.05) is 6.20 Å². The molecule has 3 rings (SSSR count). The molecule has 130 valence electrons. The second-order valence-electron chi connectivity index (χ2n) is 6.37. The van der Waals surface area contributed by atoms with Crippen LogP contribution in [0, 0.1) is 6.92 Å². The monoisotopic (exact) mass is 338 g/mol. The number of carbonyl (C=O) groups excluding carboxylic acids is 1. The highest BCUT2D eigenvalue weighted by atomic mass is 16.5. The van der Waals surface area contributed by atoms with Crippen LogP contribution in [0.4, 0.5) is 5.95 Å². The number of aromatic nitrogens is 3. The van der Waals surface area contributed by atoms with Crippen LogP contribution in [0.2, 0.25) is 0 Å². The number of aryl methyl sites for hydroxylation is 1. The van der Waals surface area contributed by atoms with Gasteiger partial charge in [-0.15, -0.1) is 10.2 Å². The topological polar surface area (TPSA) is 68.5 Å². The van der Waals surface area contributed by atoms with Gasteiger partial charge in [-0.25, -0.2) is 0 Å². The van der Waals surface area contributed by atoms with Gasteiger partial charge in [0.2, 0.25) is 5.95 Å². The van der Waals surface area contributed by atoms with Crippen molar-refractivity contribution >= 4 is 17.5 Å². The van der Waals surface area contributed by atoms with Crippen molar-refractivity contribution in [2.45, 2.75) is 39.7 Å². The first-order valence-corrected chi connectivity index (χ1v) is 8.33. The van der Waals surface area contributed by atoms with Gasteiger partial charge in [0.05, 0.1) is 0 Å². The van der Waals surface area contributed by atoms with Crippen LogP contribution >= 0.6 is 0 Å². The zero-order valence-electron chi connectivity index (χ0n) is 14.9. The zero-order chi connectivity index (χ0) is 18.0. The van der Waals surface area contributed by atoms with Crippen LogP contribution in [-0.4, -0.2) is 26.6 Å². The van der Waals surface area contributed by atoms with Crippen molar-refractivity contribution in [2.75, 3.05) is 5.32 Å². The number of hydrogen-bond donors (Lipinski definition) is 1. The van der Waals surface area contributed by atoms with E-state index in [4.69, 9.17) is 4.74 Å². The van der Waals surface area contributed by atoms with E-state index in [9.17, 15) is 4.79 Å². The van der Waals surface area contributed by atoms with Gasteiger partial charge in [0.1, 0.15) is 5.75 Å². The molecule has 2 heterocycles. The van der Waals surface area contributed by atoms with Crippen LogP contribution in [0.25, 0.3) is 5.65 Å². The molecule has 6 heteroatoms. The minimum Gasteiger partial charge on any atom is -0.481 e. The van der Waals surface area contributed by atoms with E-state index < -0.39 is 6.10 Å². The quantitative estimate of drug-likeness (QED) is 0.772. The molecule has 0 fully saturated rings. The fourth-order valence-electron chi connectivity index (χ4n) is 2.77. The maximum absolute atomic E-state index is 12.4. The van der Waals surface area contributed by atoms with Crippen LogP contribution in [0.1, 0.15) is 37.8 Å². The summed E-state index contributed by atoms with van der Waals surface area (Å²) in [5.74, 6) is 1.23. The predicted octanol–water partition coefficient (Wildman–Crippen LogP) is 3.57. The lowest BCUT2D eigenvalue weighted by atomic mass is 9.98. The van der Waals surface area contributed by atoms with E-state index in [1.807, 2.05) is 36.4 Å². The van der Waals surface area contributed by atoms with Crippen LogP contribution in [0.5, 0.6) is 5.75 Å². The third-order valence-electron chi connectivity index (χ3n) is 4.09. The first-order valence-electron chi connectivity index (χ1n) is 8.33. The molecule has 0 bridgehead atoms. The highest BCUT2D eigenvalue weighted by Gasteiger charge is 2.18. The number of hydrogen-bond acceptors (Lipinski definition) is 4. The Morgan fingerprint density at radius 2 is 1.96 bits per heavy atom. The molecule has 3 aromatic rings. The van der Waals surface area contributed by atoms with Crippen molar-refractivity contribution < 1.29 is 9.53 Å². The Kier molecular flexibility index (Phi) is 4.70. The van der Waals surface area contributed by atoms with Crippen LogP contribution in [0.3, 0.4) is 0 Å². The van der Waals surface area contributed by atoms with Crippen molar-refractivity contribution in [3.8, 4) is 5.75 Å². The summed E-state index contributed by atoms with van der Waals surface area (Å²) in [7, 11) is 0. The van der Waals surface area contributed by atoms with Gasteiger partial charge in [0.25, 0.3) is 5.91 Å². The molecule has 0 aliphatic heterocycles. The van der Waals surface area contributed by atoms with Gasteiger partial charge < -0.3 is 4.74 Å². The Hall–Kier alpha value is -2.89. The van der Waals surface area contributed by atoms with E-state index in [2.05, 4.69) is 36.3 Å². The van der Waals surface area contributed by atoms with E-state index in [0.29, 0.717) is 23.3 Å². The zero-order valence-corrected chi connectivity index (χ0v) is 14.9. The molecule has 0 saturated carbocycles. The van der Waals surface area contributed by atoms with Crippen molar-refractivity contribution in [3.05, 3.63) is 53.7 Å². The van der Waals surface area contributed by atoms with Gasteiger partial charge in [-0.3, -0.25) is 14.5 Å². The second-order valence-corrected chi connectivity index (χ2v) is 6.37. The summed E-state index contributed by atoms with van der Waals surface area (Å²) in [5, 5.41) is 10.8. The highest BCUT2D eigenvalue weighted by molar-refractivity contribution is 5.92. The van der Waals surface area contributed by atoms with Gasteiger partial charge >= 0.3 is 0 Å². The molecule has 1 aromatic carbocycles. The molecule has 0 radical (unpaired) electrons. The van der Waals surface area contributed by atoms with Crippen molar-refractivity contribution in [1.29, 1.82) is 0 Å². The number of nitrogens with one attached hydrogen (secondary N) is 1. The molecule has 1 atom stereocenters. The van der Waals surface area contributed by atoms with Crippen LogP contribution in [0.15, 0.2) is 42.6 Å². The standard InChI is InChI=1S/C19H22N4O2/c1-12(2)16-9-8-15(11-13(16)3)25-14(4)18(24)20-19-22-21-17-7-5-6-10-23(17)19/h5-12,14H,1-4H3,(H,20,22,24)/t14-/m1/s1. The third kappa shape index (κ3) is 3.63. The highest BCUT2D eigenvalue weighted by Crippen LogP contribution is 2.24. The van der Waals surface area contributed by atoms with Crippen LogP contribution < -0.4 is 10.1 Å². The first kappa shape index (κ1) is 17.0. The Balaban J connectivity index is 1.69. The predicted molar refractivity (Wildman–Crippen MR) is 97.0 cm³/mol. The van der Waals surface area contributed by atoms with Crippen molar-refractivity contribution in [3.63, 3.8) is 0 Å². The lowest BCUT2D eigenvalue weighted by Gasteiger charge is -2.16. The van der Waals surface area contributed by atoms with E-state index in [1.54, 1.807) is 17.5 Å². The summed E-state index contributed by atoms with van der Waals surface area (Å²) in [4.78, 5) is 12.4. The largest absolute Gasteiger partial charge is 0.481 e. The molecule has 0 aliphatic carbocycles. The van der Waals surface area contributed by atoms with E-state index in [-0.39, 0.29) is 5.91 Å². The summed E-state index contributed by atoms with van der Waals surface area (Å²) in [5.41, 5.74) is 3.11. The van der Waals surface area contributed by atoms with Gasteiger partial charge in [-0.05, 0) is 55.2 Å². The van der Waals surface area contributed by atoms with E-state index in [1.165, 1.54) is 5.56 Å². The smallest absolute Gasteiger partial charge is 0.267 e. The molecular weight excluding hydrogens is 316 g/mol. The molecular formula is C19H22N4O2. The number of benzene rings is 1. The second kappa shape index (κ2) is 6.93. The average Bonchev–Trinajstić information content (AvgIpc) is 2.97. The summed E-state index contributed by atoms with van der Waals surface area (Å²) in [6.07, 6.45) is 1.14. The average molecular weight is 338 g/mol. The van der Waals surface area contributed by atoms with Crippen molar-refractivity contribution in [2.24, 2.45) is 0 Å². The molecule has 1 N–H and O–H groups in total. The Morgan fingerprint density at radius 1 is 1.16 bits per heavy atom. The number of ether oxygens (including phenoxy) is 1. The van der Waals surface area contributed by atoms with Crippen LogP contribution in [-0.2, 0) is 4.79 Å². The maximum Gasteiger partial charge on any atom is 0.267 e. The molecule has 1 amide bonds. The fourth-order valence-corrected chi connectivity index (χ4v) is 2.77. The first-order chi connectivity index (χ1) is 12.0. The summed E-state index contributed by atoms with van der Waals surface area (Å²) < 4.78 is 7.50. The lowest BCUT2D eigenvalue weighted by Crippen LogP contribution is -2.30. The maximum atomic E-state index is 12.4. The normalized spacial score (nSPS) is 12.4. The van der Waals surface area contributed by atoms with Crippen molar-refractivity contribution in [1.82, 2.24) is 14.6 Å². The van der Waals surface area contributed by atoms with Gasteiger partial charge in [0.15, 0.2) is 11.8 Å². The SMILES string of the molecule is Cc1cc(O[C@H](C)C(=O)Nc2nnc3ccccn23)ccc1C(C)C. The molecule has 25 heavy (non-hydrogen) atoms. The number of nitrogens with zero attached hydrogens (tertiary/aromatic N) is 3. The minimum atomic E-state index is -0.652. The van der Waals surface area contributed by atoms with Gasteiger partial charge in [-0.2, -0.15) is 0 Å². The molecule has 0 unspecified atom stereocenters. The Bertz CT molecular complexity index is 901. The van der Waals surface area contributed by atoms with E-state index in [0.717, 1.165) is 5.56 Å². The number of amides is 1. The molecule has 0 saturated heterocycles. The number of anilines is 1. The summed E-state index contributed by atoms with van der Waals surface area (Å²) in [6, 6.07) is 11.5. The lowest BCUT2D eigenvalue weighted by molar-refractivity contribution is -0.122. The minimum absolute atomic E-state index is 0.274.